The van der Waals surface area contributed by atoms with Crippen molar-refractivity contribution in [1.29, 1.82) is 0 Å². The molecule has 1 amide bonds. The fraction of sp³-hybridized carbons (Fsp3) is 0.600. The largest absolute Gasteiger partial charge is 0.445 e. The number of ether oxygens (including phenoxy) is 1. The van der Waals surface area contributed by atoms with Gasteiger partial charge in [-0.1, -0.05) is 12.7 Å². The Morgan fingerprint density at radius 3 is 2.39 bits per heavy atom. The van der Waals surface area contributed by atoms with E-state index < -0.39 is 37.1 Å². The van der Waals surface area contributed by atoms with Gasteiger partial charge in [0.15, 0.2) is 0 Å². The zero-order chi connectivity index (χ0) is 14.1. The molecule has 0 aliphatic heterocycles. The second kappa shape index (κ2) is 8.59. The number of aldehydes is 1. The van der Waals surface area contributed by atoms with Crippen molar-refractivity contribution in [2.24, 2.45) is 0 Å². The molecule has 0 radical (unpaired) electrons. The Hall–Kier alpha value is -1.48. The van der Waals surface area contributed by atoms with Crippen LogP contribution in [0.3, 0.4) is 0 Å². The number of nitrogens with one attached hydrogen (secondary N) is 1. The number of hydrogen-bond donors (Lipinski definition) is 5. The minimum absolute atomic E-state index is 0.0880. The number of aliphatic hydroxyl groups excluding tert-OH is 4. The van der Waals surface area contributed by atoms with Gasteiger partial charge in [0.1, 0.15) is 37.2 Å². The number of hydrogen-bond acceptors (Lipinski definition) is 7. The molecule has 0 rings (SSSR count). The summed E-state index contributed by atoms with van der Waals surface area (Å²) in [5, 5.41) is 38.5. The zero-order valence-electron chi connectivity index (χ0n) is 9.60. The highest BCUT2D eigenvalue weighted by Gasteiger charge is 2.32. The van der Waals surface area contributed by atoms with Gasteiger partial charge in [0.05, 0.1) is 6.61 Å². The van der Waals surface area contributed by atoms with Gasteiger partial charge in [-0.3, -0.25) is 0 Å². The maximum absolute atomic E-state index is 11.1. The number of alkyl carbamates (subject to hydrolysis) is 1. The first-order chi connectivity index (χ1) is 8.47. The molecule has 8 heteroatoms. The van der Waals surface area contributed by atoms with Crippen molar-refractivity contribution < 1.29 is 34.8 Å². The van der Waals surface area contributed by atoms with Crippen molar-refractivity contribution in [3.8, 4) is 0 Å². The average molecular weight is 263 g/mol. The Balaban J connectivity index is 4.43. The van der Waals surface area contributed by atoms with Crippen LogP contribution in [0.4, 0.5) is 4.79 Å². The lowest BCUT2D eigenvalue weighted by atomic mass is 10.0. The summed E-state index contributed by atoms with van der Waals surface area (Å²) in [7, 11) is 0. The maximum atomic E-state index is 11.1. The Morgan fingerprint density at radius 2 is 1.94 bits per heavy atom. The Labute approximate surface area is 103 Å². The molecule has 0 bridgehead atoms. The molecular weight excluding hydrogens is 246 g/mol. The van der Waals surface area contributed by atoms with Gasteiger partial charge in [-0.2, -0.15) is 0 Å². The number of carbonyl (C=O) groups is 2. The van der Waals surface area contributed by atoms with Crippen molar-refractivity contribution >= 4 is 12.4 Å². The molecule has 5 N–H and O–H groups in total. The van der Waals surface area contributed by atoms with E-state index >= 15 is 0 Å². The third-order valence-electron chi connectivity index (χ3n) is 2.06. The lowest BCUT2D eigenvalue weighted by Crippen LogP contribution is -2.53. The van der Waals surface area contributed by atoms with Crippen LogP contribution in [0.5, 0.6) is 0 Å². The molecule has 0 aliphatic carbocycles. The molecule has 18 heavy (non-hydrogen) atoms. The van der Waals surface area contributed by atoms with Crippen molar-refractivity contribution in [2.45, 2.75) is 24.4 Å². The smallest absolute Gasteiger partial charge is 0.408 e. The molecule has 0 aliphatic rings. The van der Waals surface area contributed by atoms with E-state index in [9.17, 15) is 19.8 Å². The number of amides is 1. The normalized spacial score (nSPS) is 17.1. The van der Waals surface area contributed by atoms with Crippen molar-refractivity contribution in [3.63, 3.8) is 0 Å². The molecule has 0 unspecified atom stereocenters. The zero-order valence-corrected chi connectivity index (χ0v) is 9.60. The van der Waals surface area contributed by atoms with E-state index in [1.54, 1.807) is 0 Å². The summed E-state index contributed by atoms with van der Waals surface area (Å²) in [6, 6.07) is -1.47. The summed E-state index contributed by atoms with van der Waals surface area (Å²) in [6.45, 7) is 2.42. The van der Waals surface area contributed by atoms with Crippen LogP contribution in [0, 0.1) is 0 Å². The molecule has 0 fully saturated rings. The first kappa shape index (κ1) is 16.5. The number of aliphatic hydroxyl groups is 4. The third-order valence-corrected chi connectivity index (χ3v) is 2.06. The summed E-state index contributed by atoms with van der Waals surface area (Å²) in [5.41, 5.74) is 0. The lowest BCUT2D eigenvalue weighted by molar-refractivity contribution is -0.120. The molecule has 0 aromatic heterocycles. The second-order valence-corrected chi connectivity index (χ2v) is 3.42. The summed E-state index contributed by atoms with van der Waals surface area (Å²) in [5.74, 6) is 0. The molecule has 4 atom stereocenters. The van der Waals surface area contributed by atoms with Gasteiger partial charge in [-0.15, -0.1) is 0 Å². The van der Waals surface area contributed by atoms with Crippen LogP contribution in [0.1, 0.15) is 0 Å². The molecule has 0 heterocycles. The highest BCUT2D eigenvalue weighted by atomic mass is 16.5. The van der Waals surface area contributed by atoms with Gasteiger partial charge in [0.2, 0.25) is 0 Å². The van der Waals surface area contributed by atoms with Crippen LogP contribution in [-0.2, 0) is 9.53 Å². The van der Waals surface area contributed by atoms with E-state index in [0.29, 0.717) is 0 Å². The first-order valence-electron chi connectivity index (χ1n) is 5.12. The number of rotatable bonds is 8. The van der Waals surface area contributed by atoms with Crippen LogP contribution in [-0.4, -0.2) is 70.4 Å². The highest BCUT2D eigenvalue weighted by Crippen LogP contribution is 2.04. The van der Waals surface area contributed by atoms with Crippen molar-refractivity contribution in [2.75, 3.05) is 13.2 Å². The van der Waals surface area contributed by atoms with E-state index in [0.717, 1.165) is 0 Å². The minimum atomic E-state index is -1.79. The van der Waals surface area contributed by atoms with E-state index in [4.69, 9.17) is 10.2 Å². The van der Waals surface area contributed by atoms with Gasteiger partial charge < -0.3 is 35.3 Å². The fourth-order valence-corrected chi connectivity index (χ4v) is 1.06. The summed E-state index contributed by atoms with van der Waals surface area (Å²) in [4.78, 5) is 21.8. The molecule has 0 saturated heterocycles. The van der Waals surface area contributed by atoms with Gasteiger partial charge in [-0.05, 0) is 0 Å². The molecule has 8 nitrogen and oxygen atoms in total. The first-order valence-corrected chi connectivity index (χ1v) is 5.12. The van der Waals surface area contributed by atoms with E-state index in [2.05, 4.69) is 11.3 Å². The van der Waals surface area contributed by atoms with Gasteiger partial charge >= 0.3 is 6.09 Å². The maximum Gasteiger partial charge on any atom is 0.408 e. The average Bonchev–Trinajstić information content (AvgIpc) is 2.39. The predicted molar refractivity (Wildman–Crippen MR) is 59.6 cm³/mol. The monoisotopic (exact) mass is 263 g/mol. The predicted octanol–water partition coefficient (Wildman–Crippen LogP) is -2.46. The molecule has 0 aromatic rings. The Morgan fingerprint density at radius 1 is 1.33 bits per heavy atom. The molecular formula is C10H17NO7. The number of carbonyl (C=O) groups excluding carboxylic acids is 2. The van der Waals surface area contributed by atoms with Gasteiger partial charge in [0.25, 0.3) is 0 Å². The Bertz CT molecular complexity index is 283. The molecule has 0 spiro atoms. The van der Waals surface area contributed by atoms with Crippen LogP contribution >= 0.6 is 0 Å². The summed E-state index contributed by atoms with van der Waals surface area (Å²) >= 11 is 0. The fourth-order valence-electron chi connectivity index (χ4n) is 1.06. The van der Waals surface area contributed by atoms with Crippen LogP contribution in [0.2, 0.25) is 0 Å². The molecule has 104 valence electrons. The quantitative estimate of drug-likeness (QED) is 0.242. The highest BCUT2D eigenvalue weighted by molar-refractivity contribution is 5.73. The van der Waals surface area contributed by atoms with Crippen LogP contribution in [0.25, 0.3) is 0 Å². The molecule has 0 aromatic carbocycles. The summed E-state index contributed by atoms with van der Waals surface area (Å²) < 4.78 is 4.51. The third kappa shape index (κ3) is 5.23. The molecule has 0 saturated carbocycles. The van der Waals surface area contributed by atoms with Crippen molar-refractivity contribution in [1.82, 2.24) is 5.32 Å². The summed E-state index contributed by atoms with van der Waals surface area (Å²) in [6.07, 6.45) is -4.71. The van der Waals surface area contributed by atoms with Crippen LogP contribution in [0.15, 0.2) is 12.7 Å². The van der Waals surface area contributed by atoms with E-state index in [-0.39, 0.29) is 12.9 Å². The second-order valence-electron chi connectivity index (χ2n) is 3.42. The van der Waals surface area contributed by atoms with Crippen LogP contribution < -0.4 is 5.32 Å². The lowest BCUT2D eigenvalue weighted by Gasteiger charge is -2.25. The Kier molecular flexibility index (Phi) is 7.88. The SMILES string of the molecule is C=CCOC(=O)N[C@@H](C=O)[C@@H](O)[C@H](O)[C@H](O)CO. The topological polar surface area (TPSA) is 136 Å². The van der Waals surface area contributed by atoms with Gasteiger partial charge in [0, 0.05) is 0 Å². The van der Waals surface area contributed by atoms with E-state index in [1.807, 2.05) is 5.32 Å². The standard InChI is InChI=1S/C10H17NO7/c1-2-3-18-10(17)11-6(4-12)8(15)9(16)7(14)5-13/h2,4,6-9,13-16H,1,3,5H2,(H,11,17)/t6-,7+,8+,9+/m0/s1. The van der Waals surface area contributed by atoms with Gasteiger partial charge in [-0.25, -0.2) is 4.79 Å². The van der Waals surface area contributed by atoms with Crippen molar-refractivity contribution in [3.05, 3.63) is 12.7 Å². The minimum Gasteiger partial charge on any atom is -0.445 e. The van der Waals surface area contributed by atoms with E-state index in [1.165, 1.54) is 6.08 Å².